The number of benzene rings is 1. The summed E-state index contributed by atoms with van der Waals surface area (Å²) in [5, 5.41) is 0.583. The molecule has 0 atom stereocenters. The Morgan fingerprint density at radius 3 is 2.63 bits per heavy atom. The minimum atomic E-state index is 0.319. The van der Waals surface area contributed by atoms with Gasteiger partial charge in [0.15, 0.2) is 0 Å². The van der Waals surface area contributed by atoms with Crippen LogP contribution in [0.25, 0.3) is 0 Å². The van der Waals surface area contributed by atoms with Gasteiger partial charge in [-0.05, 0) is 24.5 Å². The summed E-state index contributed by atoms with van der Waals surface area (Å²) in [5.41, 5.74) is 7.53. The van der Waals surface area contributed by atoms with E-state index in [-0.39, 0.29) is 0 Å². The van der Waals surface area contributed by atoms with Gasteiger partial charge in [0.25, 0.3) is 0 Å². The monoisotopic (exact) mass is 276 g/mol. The molecule has 1 heterocycles. The number of rotatable bonds is 6. The van der Waals surface area contributed by atoms with Crippen LogP contribution in [0.1, 0.15) is 17.7 Å². The van der Waals surface area contributed by atoms with Crippen LogP contribution in [0.3, 0.4) is 0 Å². The van der Waals surface area contributed by atoms with E-state index < -0.39 is 0 Å². The molecule has 2 aromatic rings. The molecule has 19 heavy (non-hydrogen) atoms. The third-order valence-electron chi connectivity index (χ3n) is 2.79. The Hall–Kier alpha value is -1.58. The number of hydrogen-bond donors (Lipinski definition) is 1. The number of aryl methyl sites for hydroxylation is 1. The number of ether oxygens (including phenoxy) is 1. The fourth-order valence-corrected chi connectivity index (χ4v) is 1.97. The Kier molecular flexibility index (Phi) is 5.19. The second-order valence-corrected chi connectivity index (χ2v) is 4.63. The van der Waals surface area contributed by atoms with Gasteiger partial charge in [-0.1, -0.05) is 41.9 Å². The van der Waals surface area contributed by atoms with Crippen LogP contribution in [0.15, 0.2) is 42.5 Å². The highest BCUT2D eigenvalue weighted by molar-refractivity contribution is 6.31. The van der Waals surface area contributed by atoms with Crippen molar-refractivity contribution < 1.29 is 4.74 Å². The smallest absolute Gasteiger partial charge is 0.213 e. The zero-order valence-corrected chi connectivity index (χ0v) is 11.4. The first-order chi connectivity index (χ1) is 9.29. The van der Waals surface area contributed by atoms with E-state index in [4.69, 9.17) is 22.1 Å². The van der Waals surface area contributed by atoms with Crippen molar-refractivity contribution in [2.24, 2.45) is 5.73 Å². The fraction of sp³-hybridized carbons (Fsp3) is 0.267. The molecule has 2 N–H and O–H groups in total. The van der Waals surface area contributed by atoms with Gasteiger partial charge >= 0.3 is 0 Å². The minimum absolute atomic E-state index is 0.319. The fourth-order valence-electron chi connectivity index (χ4n) is 1.79. The molecule has 0 radical (unpaired) electrons. The van der Waals surface area contributed by atoms with Crippen LogP contribution in [0.5, 0.6) is 5.88 Å². The van der Waals surface area contributed by atoms with E-state index in [1.165, 1.54) is 5.56 Å². The van der Waals surface area contributed by atoms with Gasteiger partial charge in [0.2, 0.25) is 5.88 Å². The number of aromatic nitrogens is 1. The van der Waals surface area contributed by atoms with Crippen LogP contribution in [-0.2, 0) is 13.0 Å². The van der Waals surface area contributed by atoms with Crippen molar-refractivity contribution in [1.29, 1.82) is 0 Å². The lowest BCUT2D eigenvalue weighted by Gasteiger charge is -2.07. The van der Waals surface area contributed by atoms with E-state index in [0.29, 0.717) is 29.7 Å². The number of halogens is 1. The molecule has 0 aliphatic carbocycles. The van der Waals surface area contributed by atoms with Crippen LogP contribution in [0, 0.1) is 0 Å². The summed E-state index contributed by atoms with van der Waals surface area (Å²) in [6.07, 6.45) is 1.95. The highest BCUT2D eigenvalue weighted by atomic mass is 35.5. The third-order valence-corrected chi connectivity index (χ3v) is 3.13. The number of nitrogens with zero attached hydrogens (tertiary/aromatic N) is 1. The molecule has 2 rings (SSSR count). The summed E-state index contributed by atoms with van der Waals surface area (Å²) in [6, 6.07) is 13.9. The van der Waals surface area contributed by atoms with Gasteiger partial charge in [-0.2, -0.15) is 0 Å². The van der Waals surface area contributed by atoms with Crippen LogP contribution in [0.4, 0.5) is 0 Å². The maximum atomic E-state index is 5.94. The van der Waals surface area contributed by atoms with Gasteiger partial charge in [0.05, 0.1) is 17.3 Å². The molecular weight excluding hydrogens is 260 g/mol. The molecule has 3 nitrogen and oxygen atoms in total. The van der Waals surface area contributed by atoms with Crippen LogP contribution >= 0.6 is 11.6 Å². The molecular formula is C15H17ClN2O. The zero-order valence-electron chi connectivity index (χ0n) is 10.7. The van der Waals surface area contributed by atoms with E-state index in [0.717, 1.165) is 12.8 Å². The largest absolute Gasteiger partial charge is 0.478 e. The van der Waals surface area contributed by atoms with Crippen molar-refractivity contribution in [2.75, 3.05) is 6.61 Å². The summed E-state index contributed by atoms with van der Waals surface area (Å²) in [6.45, 7) is 0.952. The molecule has 0 saturated heterocycles. The van der Waals surface area contributed by atoms with E-state index in [2.05, 4.69) is 17.1 Å². The number of pyridine rings is 1. The van der Waals surface area contributed by atoms with Crippen molar-refractivity contribution in [1.82, 2.24) is 4.98 Å². The predicted molar refractivity (Wildman–Crippen MR) is 77.4 cm³/mol. The summed E-state index contributed by atoms with van der Waals surface area (Å²) < 4.78 is 5.60. The molecule has 0 unspecified atom stereocenters. The van der Waals surface area contributed by atoms with Crippen molar-refractivity contribution in [2.45, 2.75) is 19.4 Å². The second-order valence-electron chi connectivity index (χ2n) is 4.22. The van der Waals surface area contributed by atoms with E-state index in [1.807, 2.05) is 18.2 Å². The minimum Gasteiger partial charge on any atom is -0.478 e. The van der Waals surface area contributed by atoms with Gasteiger partial charge in [-0.25, -0.2) is 4.98 Å². The Morgan fingerprint density at radius 1 is 1.11 bits per heavy atom. The average molecular weight is 277 g/mol. The maximum Gasteiger partial charge on any atom is 0.213 e. The first-order valence-electron chi connectivity index (χ1n) is 6.32. The standard InChI is InChI=1S/C15H17ClN2O/c16-13-8-9-15(18-14(13)11-17)19-10-4-7-12-5-2-1-3-6-12/h1-3,5-6,8-9H,4,7,10-11,17H2. The molecule has 1 aromatic carbocycles. The van der Waals surface area contributed by atoms with Gasteiger partial charge < -0.3 is 10.5 Å². The molecule has 100 valence electrons. The number of hydrogen-bond acceptors (Lipinski definition) is 3. The summed E-state index contributed by atoms with van der Waals surface area (Å²) in [7, 11) is 0. The van der Waals surface area contributed by atoms with Gasteiger partial charge in [-0.3, -0.25) is 0 Å². The topological polar surface area (TPSA) is 48.1 Å². The quantitative estimate of drug-likeness (QED) is 0.824. The summed E-state index contributed by atoms with van der Waals surface area (Å²) in [4.78, 5) is 4.26. The summed E-state index contributed by atoms with van der Waals surface area (Å²) >= 11 is 5.94. The van der Waals surface area contributed by atoms with E-state index >= 15 is 0 Å². The second kappa shape index (κ2) is 7.12. The zero-order chi connectivity index (χ0) is 13.5. The number of nitrogens with two attached hydrogens (primary N) is 1. The lowest BCUT2D eigenvalue weighted by Crippen LogP contribution is -2.05. The van der Waals surface area contributed by atoms with Gasteiger partial charge in [-0.15, -0.1) is 0 Å². The van der Waals surface area contributed by atoms with E-state index in [1.54, 1.807) is 12.1 Å². The lowest BCUT2D eigenvalue weighted by atomic mass is 10.1. The van der Waals surface area contributed by atoms with Gasteiger partial charge in [0.1, 0.15) is 0 Å². The van der Waals surface area contributed by atoms with Crippen molar-refractivity contribution in [3.8, 4) is 5.88 Å². The Bertz CT molecular complexity index is 517. The SMILES string of the molecule is NCc1nc(OCCCc2ccccc2)ccc1Cl. The molecule has 4 heteroatoms. The molecule has 0 bridgehead atoms. The van der Waals surface area contributed by atoms with Crippen LogP contribution < -0.4 is 10.5 Å². The Morgan fingerprint density at radius 2 is 1.89 bits per heavy atom. The van der Waals surface area contributed by atoms with Crippen molar-refractivity contribution >= 4 is 11.6 Å². The first kappa shape index (κ1) is 13.8. The Labute approximate surface area is 118 Å². The van der Waals surface area contributed by atoms with Gasteiger partial charge in [0, 0.05) is 12.6 Å². The van der Waals surface area contributed by atoms with E-state index in [9.17, 15) is 0 Å². The molecule has 0 fully saturated rings. The molecule has 0 spiro atoms. The van der Waals surface area contributed by atoms with Crippen LogP contribution in [0.2, 0.25) is 5.02 Å². The third kappa shape index (κ3) is 4.23. The molecule has 0 aliphatic heterocycles. The highest BCUT2D eigenvalue weighted by Gasteiger charge is 2.03. The molecule has 0 saturated carbocycles. The average Bonchev–Trinajstić information content (AvgIpc) is 2.46. The van der Waals surface area contributed by atoms with Crippen LogP contribution in [-0.4, -0.2) is 11.6 Å². The lowest BCUT2D eigenvalue weighted by molar-refractivity contribution is 0.298. The highest BCUT2D eigenvalue weighted by Crippen LogP contribution is 2.17. The molecule has 0 amide bonds. The normalized spacial score (nSPS) is 10.4. The maximum absolute atomic E-state index is 5.94. The molecule has 1 aromatic heterocycles. The molecule has 0 aliphatic rings. The predicted octanol–water partition coefficient (Wildman–Crippen LogP) is 3.21. The van der Waals surface area contributed by atoms with Crippen molar-refractivity contribution in [3.05, 3.63) is 58.7 Å². The first-order valence-corrected chi connectivity index (χ1v) is 6.69. The van der Waals surface area contributed by atoms with Crippen molar-refractivity contribution in [3.63, 3.8) is 0 Å². The Balaban J connectivity index is 1.80. The summed E-state index contributed by atoms with van der Waals surface area (Å²) in [5.74, 6) is 0.581.